The van der Waals surface area contributed by atoms with Crippen LogP contribution < -0.4 is 0 Å². The van der Waals surface area contributed by atoms with E-state index in [1.807, 2.05) is 9.58 Å². The van der Waals surface area contributed by atoms with Crippen LogP contribution in [-0.2, 0) is 5.54 Å². The molecular formula is C19H30N6O2. The highest BCUT2D eigenvalue weighted by atomic mass is 16.3. The number of hydrogen-bond donors (Lipinski definition) is 0. The Bertz CT molecular complexity index is 739. The van der Waals surface area contributed by atoms with E-state index >= 15 is 0 Å². The van der Waals surface area contributed by atoms with Crippen molar-refractivity contribution in [3.05, 3.63) is 30.0 Å². The Morgan fingerprint density at radius 2 is 1.93 bits per heavy atom. The maximum Gasteiger partial charge on any atom is 0.289 e. The molecule has 1 aliphatic heterocycles. The van der Waals surface area contributed by atoms with Crippen LogP contribution in [0.1, 0.15) is 63.5 Å². The number of nitrogens with zero attached hydrogens (tertiary/aromatic N) is 6. The van der Waals surface area contributed by atoms with Crippen molar-refractivity contribution in [2.45, 2.75) is 52.6 Å². The number of carbonyl (C=O) groups is 1. The highest BCUT2D eigenvalue weighted by molar-refractivity contribution is 5.91. The normalized spacial score (nSPS) is 17.5. The number of piperazine rings is 1. The summed E-state index contributed by atoms with van der Waals surface area (Å²) < 4.78 is 7.18. The van der Waals surface area contributed by atoms with Crippen molar-refractivity contribution in [2.75, 3.05) is 26.2 Å². The maximum atomic E-state index is 12.5. The lowest BCUT2D eigenvalue weighted by atomic mass is 9.99. The molecule has 148 valence electrons. The molecule has 0 aromatic carbocycles. The van der Waals surface area contributed by atoms with Gasteiger partial charge < -0.3 is 9.32 Å². The Labute approximate surface area is 160 Å². The number of tetrazole rings is 1. The standard InChI is InChI=1S/C19H30N6O2/c1-14(2)13-15(17-20-21-22-25(17)19(3,4)5)23-8-10-24(11-9-23)18(26)16-7-6-12-27-16/h6-7,12,14-15H,8-11,13H2,1-5H3/t15-/m1/s1. The van der Waals surface area contributed by atoms with E-state index in [4.69, 9.17) is 4.42 Å². The van der Waals surface area contributed by atoms with Crippen molar-refractivity contribution in [2.24, 2.45) is 5.92 Å². The fourth-order valence-corrected chi connectivity index (χ4v) is 3.54. The van der Waals surface area contributed by atoms with E-state index in [1.165, 1.54) is 6.26 Å². The predicted octanol–water partition coefficient (Wildman–Crippen LogP) is 2.57. The highest BCUT2D eigenvalue weighted by Gasteiger charge is 2.33. The van der Waals surface area contributed by atoms with Gasteiger partial charge in [-0.05, 0) is 55.7 Å². The van der Waals surface area contributed by atoms with E-state index in [0.717, 1.165) is 25.3 Å². The molecule has 0 bridgehead atoms. The topological polar surface area (TPSA) is 80.3 Å². The van der Waals surface area contributed by atoms with Gasteiger partial charge in [0.05, 0.1) is 17.8 Å². The van der Waals surface area contributed by atoms with Gasteiger partial charge in [0.25, 0.3) is 5.91 Å². The van der Waals surface area contributed by atoms with Crippen molar-refractivity contribution in [1.82, 2.24) is 30.0 Å². The molecule has 2 aromatic heterocycles. The first-order valence-corrected chi connectivity index (χ1v) is 9.63. The SMILES string of the molecule is CC(C)C[C@H](c1nnnn1C(C)(C)C)N1CCN(C(=O)c2ccco2)CC1. The molecule has 3 rings (SSSR count). The Balaban J connectivity index is 1.74. The molecule has 1 amide bonds. The van der Waals surface area contributed by atoms with Crippen LogP contribution >= 0.6 is 0 Å². The summed E-state index contributed by atoms with van der Waals surface area (Å²) in [6, 6.07) is 3.60. The van der Waals surface area contributed by atoms with Crippen molar-refractivity contribution in [3.63, 3.8) is 0 Å². The zero-order chi connectivity index (χ0) is 19.6. The van der Waals surface area contributed by atoms with Gasteiger partial charge in [0.15, 0.2) is 11.6 Å². The molecule has 1 aliphatic rings. The van der Waals surface area contributed by atoms with Crippen LogP contribution in [0.3, 0.4) is 0 Å². The largest absolute Gasteiger partial charge is 0.459 e. The molecule has 0 N–H and O–H groups in total. The van der Waals surface area contributed by atoms with Gasteiger partial charge in [-0.2, -0.15) is 0 Å². The molecule has 0 spiro atoms. The smallest absolute Gasteiger partial charge is 0.289 e. The van der Waals surface area contributed by atoms with Gasteiger partial charge in [-0.25, -0.2) is 4.68 Å². The lowest BCUT2D eigenvalue weighted by molar-refractivity contribution is 0.0494. The second-order valence-electron chi connectivity index (χ2n) is 8.57. The zero-order valence-electron chi connectivity index (χ0n) is 16.9. The number of furan rings is 1. The number of amides is 1. The second kappa shape index (κ2) is 7.80. The zero-order valence-corrected chi connectivity index (χ0v) is 16.9. The quantitative estimate of drug-likeness (QED) is 0.800. The molecule has 0 saturated carbocycles. The summed E-state index contributed by atoms with van der Waals surface area (Å²) in [7, 11) is 0. The first-order valence-electron chi connectivity index (χ1n) is 9.63. The molecule has 3 heterocycles. The maximum absolute atomic E-state index is 12.5. The van der Waals surface area contributed by atoms with Crippen LogP contribution in [0.4, 0.5) is 0 Å². The minimum absolute atomic E-state index is 0.0421. The van der Waals surface area contributed by atoms with Gasteiger partial charge in [-0.15, -0.1) is 5.10 Å². The number of carbonyl (C=O) groups excluding carboxylic acids is 1. The molecule has 1 fully saturated rings. The number of aromatic nitrogens is 4. The third-order valence-electron chi connectivity index (χ3n) is 4.90. The summed E-state index contributed by atoms with van der Waals surface area (Å²) in [4.78, 5) is 16.8. The summed E-state index contributed by atoms with van der Waals surface area (Å²) in [5, 5.41) is 12.6. The van der Waals surface area contributed by atoms with Crippen LogP contribution in [-0.4, -0.2) is 62.1 Å². The van der Waals surface area contributed by atoms with Crippen LogP contribution in [0.5, 0.6) is 0 Å². The summed E-state index contributed by atoms with van der Waals surface area (Å²) in [5.74, 6) is 1.78. The Kier molecular flexibility index (Phi) is 5.64. The summed E-state index contributed by atoms with van der Waals surface area (Å²) in [6.07, 6.45) is 2.51. The molecule has 8 nitrogen and oxygen atoms in total. The Morgan fingerprint density at radius 1 is 1.22 bits per heavy atom. The van der Waals surface area contributed by atoms with Gasteiger partial charge in [0, 0.05) is 26.2 Å². The van der Waals surface area contributed by atoms with Gasteiger partial charge >= 0.3 is 0 Å². The molecule has 0 unspecified atom stereocenters. The van der Waals surface area contributed by atoms with Crippen LogP contribution in [0.2, 0.25) is 0 Å². The molecule has 2 aromatic rings. The van der Waals surface area contributed by atoms with Gasteiger partial charge in [0.2, 0.25) is 0 Å². The van der Waals surface area contributed by atoms with Crippen molar-refractivity contribution in [3.8, 4) is 0 Å². The van der Waals surface area contributed by atoms with E-state index in [9.17, 15) is 4.79 Å². The third-order valence-corrected chi connectivity index (χ3v) is 4.90. The molecule has 8 heteroatoms. The molecule has 1 saturated heterocycles. The summed E-state index contributed by atoms with van der Waals surface area (Å²) in [5.41, 5.74) is -0.175. The van der Waals surface area contributed by atoms with E-state index in [1.54, 1.807) is 12.1 Å². The molecule has 0 aliphatic carbocycles. The fourth-order valence-electron chi connectivity index (χ4n) is 3.54. The monoisotopic (exact) mass is 374 g/mol. The van der Waals surface area contributed by atoms with E-state index in [-0.39, 0.29) is 17.5 Å². The van der Waals surface area contributed by atoms with Gasteiger partial charge in [-0.3, -0.25) is 9.69 Å². The van der Waals surface area contributed by atoms with E-state index in [0.29, 0.717) is 24.8 Å². The number of hydrogen-bond acceptors (Lipinski definition) is 6. The Morgan fingerprint density at radius 3 is 2.48 bits per heavy atom. The molecular weight excluding hydrogens is 344 g/mol. The van der Waals surface area contributed by atoms with Crippen molar-refractivity contribution >= 4 is 5.91 Å². The predicted molar refractivity (Wildman–Crippen MR) is 101 cm³/mol. The fraction of sp³-hybridized carbons (Fsp3) is 0.684. The van der Waals surface area contributed by atoms with Crippen LogP contribution in [0.25, 0.3) is 0 Å². The summed E-state index contributed by atoms with van der Waals surface area (Å²) in [6.45, 7) is 13.7. The molecule has 27 heavy (non-hydrogen) atoms. The minimum atomic E-state index is -0.175. The van der Waals surface area contributed by atoms with Gasteiger partial charge in [0.1, 0.15) is 0 Å². The lowest BCUT2D eigenvalue weighted by Gasteiger charge is -2.39. The first-order chi connectivity index (χ1) is 12.8. The minimum Gasteiger partial charge on any atom is -0.459 e. The first kappa shape index (κ1) is 19.5. The molecule has 1 atom stereocenters. The van der Waals surface area contributed by atoms with E-state index < -0.39 is 0 Å². The van der Waals surface area contributed by atoms with Crippen LogP contribution in [0.15, 0.2) is 22.8 Å². The highest BCUT2D eigenvalue weighted by Crippen LogP contribution is 2.29. The number of rotatable bonds is 5. The van der Waals surface area contributed by atoms with Gasteiger partial charge in [-0.1, -0.05) is 13.8 Å². The average molecular weight is 374 g/mol. The van der Waals surface area contributed by atoms with E-state index in [2.05, 4.69) is 55.0 Å². The lowest BCUT2D eigenvalue weighted by Crippen LogP contribution is -2.50. The molecule has 0 radical (unpaired) electrons. The average Bonchev–Trinajstić information content (AvgIpc) is 3.30. The second-order valence-corrected chi connectivity index (χ2v) is 8.57. The van der Waals surface area contributed by atoms with Crippen molar-refractivity contribution in [1.29, 1.82) is 0 Å². The Hall–Kier alpha value is -2.22. The third kappa shape index (κ3) is 4.37. The van der Waals surface area contributed by atoms with Crippen LogP contribution in [0, 0.1) is 5.92 Å². The van der Waals surface area contributed by atoms with Crippen molar-refractivity contribution < 1.29 is 9.21 Å². The summed E-state index contributed by atoms with van der Waals surface area (Å²) >= 11 is 0.